The number of benzene rings is 2. The minimum absolute atomic E-state index is 0.0166. The number of carbonyl (C=O) groups is 2. The smallest absolute Gasteiger partial charge is 0.348 e. The fourth-order valence-corrected chi connectivity index (χ4v) is 6.24. The summed E-state index contributed by atoms with van der Waals surface area (Å²) in [5.74, 6) is -0.892. The van der Waals surface area contributed by atoms with Gasteiger partial charge >= 0.3 is 5.97 Å². The Morgan fingerprint density at radius 2 is 1.85 bits per heavy atom. The van der Waals surface area contributed by atoms with Crippen molar-refractivity contribution in [1.29, 1.82) is 0 Å². The second-order valence-corrected chi connectivity index (χ2v) is 10.4. The zero-order valence-corrected chi connectivity index (χ0v) is 19.8. The molecule has 1 saturated heterocycles. The quantitative estimate of drug-likeness (QED) is 0.636. The number of nitrogens with zero attached hydrogens (tertiary/aromatic N) is 2. The maximum atomic E-state index is 13.6. The summed E-state index contributed by atoms with van der Waals surface area (Å²) in [6.07, 6.45) is 0.208. The van der Waals surface area contributed by atoms with E-state index in [1.54, 1.807) is 43.3 Å². The molecule has 1 fully saturated rings. The van der Waals surface area contributed by atoms with Crippen molar-refractivity contribution in [2.45, 2.75) is 37.7 Å². The van der Waals surface area contributed by atoms with Crippen LogP contribution in [0.25, 0.3) is 0 Å². The molecule has 4 rings (SSSR count). The molecule has 0 radical (unpaired) electrons. The van der Waals surface area contributed by atoms with E-state index in [0.29, 0.717) is 36.4 Å². The van der Waals surface area contributed by atoms with E-state index in [2.05, 4.69) is 0 Å². The molecule has 2 aromatic rings. The van der Waals surface area contributed by atoms with Gasteiger partial charge in [-0.2, -0.15) is 4.31 Å². The van der Waals surface area contributed by atoms with Crippen molar-refractivity contribution >= 4 is 27.6 Å². The number of anilines is 1. The number of aryl methyl sites for hydroxylation is 2. The minimum Gasteiger partial charge on any atom is -0.475 e. The highest BCUT2D eigenvalue weighted by molar-refractivity contribution is 7.89. The Labute approximate surface area is 194 Å². The van der Waals surface area contributed by atoms with Crippen LogP contribution in [0.1, 0.15) is 24.0 Å². The van der Waals surface area contributed by atoms with Gasteiger partial charge in [0, 0.05) is 13.1 Å². The first-order chi connectivity index (χ1) is 15.7. The highest BCUT2D eigenvalue weighted by Gasteiger charge is 2.40. The third kappa shape index (κ3) is 4.47. The summed E-state index contributed by atoms with van der Waals surface area (Å²) in [6, 6.07) is 12.4. The van der Waals surface area contributed by atoms with Crippen molar-refractivity contribution in [2.75, 3.05) is 31.6 Å². The summed E-state index contributed by atoms with van der Waals surface area (Å²) >= 11 is 0. The Hall–Kier alpha value is -2.91. The van der Waals surface area contributed by atoms with Crippen LogP contribution >= 0.6 is 0 Å². The minimum atomic E-state index is -3.74. The average Bonchev–Trinajstić information content (AvgIpc) is 2.83. The third-order valence-electron chi connectivity index (χ3n) is 6.20. The molecule has 0 spiro atoms. The summed E-state index contributed by atoms with van der Waals surface area (Å²) in [4.78, 5) is 27.6. The van der Waals surface area contributed by atoms with Gasteiger partial charge in [0.25, 0.3) is 0 Å². The molecule has 0 bridgehead atoms. The number of fused-ring (bicyclic) bond motifs is 1. The molecule has 0 aliphatic carbocycles. The molecule has 2 heterocycles. The van der Waals surface area contributed by atoms with Crippen molar-refractivity contribution in [1.82, 2.24) is 4.31 Å². The second kappa shape index (κ2) is 9.15. The molecule has 33 heavy (non-hydrogen) atoms. The standard InChI is InChI=1S/C24H28N2O6S/c1-16-10-11-17(2)22(13-16)33(29,30)25-12-6-7-18(14-25)23(27)26-15-21(24(28)31-3)32-20-9-5-4-8-19(20)26/h4-5,8-11,13,18,21H,6-7,12,14-15H2,1-3H3/t18-,21-/m0/s1. The molecule has 2 aliphatic rings. The van der Waals surface area contributed by atoms with Crippen molar-refractivity contribution in [3.63, 3.8) is 0 Å². The Balaban J connectivity index is 1.60. The molecule has 0 saturated carbocycles. The van der Waals surface area contributed by atoms with Crippen LogP contribution in [0.3, 0.4) is 0 Å². The molecular formula is C24H28N2O6S. The Morgan fingerprint density at radius 1 is 1.09 bits per heavy atom. The van der Waals surface area contributed by atoms with E-state index in [0.717, 1.165) is 5.56 Å². The third-order valence-corrected chi connectivity index (χ3v) is 8.21. The first-order valence-corrected chi connectivity index (χ1v) is 12.4. The monoisotopic (exact) mass is 472 g/mol. The lowest BCUT2D eigenvalue weighted by Crippen LogP contribution is -2.52. The molecule has 0 aromatic heterocycles. The summed E-state index contributed by atoms with van der Waals surface area (Å²) in [7, 11) is -2.46. The van der Waals surface area contributed by atoms with Crippen molar-refractivity contribution in [2.24, 2.45) is 5.92 Å². The van der Waals surface area contributed by atoms with Crippen LogP contribution in [0.5, 0.6) is 5.75 Å². The first-order valence-electron chi connectivity index (χ1n) is 10.9. The van der Waals surface area contributed by atoms with E-state index in [-0.39, 0.29) is 23.9 Å². The van der Waals surface area contributed by atoms with Gasteiger partial charge in [-0.25, -0.2) is 13.2 Å². The molecular weight excluding hydrogens is 444 g/mol. The van der Waals surface area contributed by atoms with Gasteiger partial charge in [0.1, 0.15) is 5.75 Å². The van der Waals surface area contributed by atoms with Crippen LogP contribution in [-0.2, 0) is 24.3 Å². The van der Waals surface area contributed by atoms with Gasteiger partial charge in [-0.3, -0.25) is 4.79 Å². The predicted molar refractivity (Wildman–Crippen MR) is 123 cm³/mol. The number of hydrogen-bond acceptors (Lipinski definition) is 6. The molecule has 1 amide bonds. The maximum absolute atomic E-state index is 13.6. The summed E-state index contributed by atoms with van der Waals surface area (Å²) < 4.78 is 38.8. The van der Waals surface area contributed by atoms with E-state index < -0.39 is 28.0 Å². The number of piperidine rings is 1. The number of para-hydroxylation sites is 2. The van der Waals surface area contributed by atoms with Crippen LogP contribution in [0.15, 0.2) is 47.4 Å². The molecule has 2 aliphatic heterocycles. The summed E-state index contributed by atoms with van der Waals surface area (Å²) in [5.41, 5.74) is 2.11. The number of hydrogen-bond donors (Lipinski definition) is 0. The van der Waals surface area contributed by atoms with Crippen LogP contribution in [0.2, 0.25) is 0 Å². The average molecular weight is 473 g/mol. The highest BCUT2D eigenvalue weighted by atomic mass is 32.2. The van der Waals surface area contributed by atoms with Crippen molar-refractivity contribution < 1.29 is 27.5 Å². The fraction of sp³-hybridized carbons (Fsp3) is 0.417. The second-order valence-electron chi connectivity index (χ2n) is 8.52. The SMILES string of the molecule is COC(=O)[C@@H]1CN(C(=O)[C@H]2CCCN(S(=O)(=O)c3cc(C)ccc3C)C2)c2ccccc2O1. The van der Waals surface area contributed by atoms with E-state index in [1.807, 2.05) is 13.0 Å². The van der Waals surface area contributed by atoms with Crippen LogP contribution in [0, 0.1) is 19.8 Å². The molecule has 176 valence electrons. The zero-order chi connectivity index (χ0) is 23.8. The van der Waals surface area contributed by atoms with Gasteiger partial charge in [-0.1, -0.05) is 24.3 Å². The highest BCUT2D eigenvalue weighted by Crippen LogP contribution is 2.36. The molecule has 0 unspecified atom stereocenters. The number of esters is 1. The van der Waals surface area contributed by atoms with Crippen LogP contribution in [0.4, 0.5) is 5.69 Å². The van der Waals surface area contributed by atoms with Gasteiger partial charge in [0.05, 0.1) is 30.2 Å². The van der Waals surface area contributed by atoms with Crippen LogP contribution in [-0.4, -0.2) is 57.4 Å². The lowest BCUT2D eigenvalue weighted by atomic mass is 9.97. The van der Waals surface area contributed by atoms with Gasteiger partial charge in [-0.15, -0.1) is 0 Å². The van der Waals surface area contributed by atoms with Gasteiger partial charge in [-0.05, 0) is 56.0 Å². The van der Waals surface area contributed by atoms with Crippen molar-refractivity contribution in [3.8, 4) is 5.75 Å². The number of carbonyl (C=O) groups excluding carboxylic acids is 2. The molecule has 0 N–H and O–H groups in total. The molecule has 8 nitrogen and oxygen atoms in total. The summed E-state index contributed by atoms with van der Waals surface area (Å²) in [6.45, 7) is 4.11. The van der Waals surface area contributed by atoms with E-state index in [9.17, 15) is 18.0 Å². The Morgan fingerprint density at radius 3 is 2.61 bits per heavy atom. The number of sulfonamides is 1. The van der Waals surface area contributed by atoms with Gasteiger partial charge in [0.2, 0.25) is 22.0 Å². The normalized spacial score (nSPS) is 21.1. The maximum Gasteiger partial charge on any atom is 0.348 e. The topological polar surface area (TPSA) is 93.2 Å². The van der Waals surface area contributed by atoms with E-state index in [4.69, 9.17) is 9.47 Å². The lowest BCUT2D eigenvalue weighted by Gasteiger charge is -2.38. The van der Waals surface area contributed by atoms with E-state index in [1.165, 1.54) is 16.3 Å². The molecule has 9 heteroatoms. The van der Waals surface area contributed by atoms with Crippen LogP contribution < -0.4 is 9.64 Å². The number of rotatable bonds is 4. The number of amides is 1. The lowest BCUT2D eigenvalue weighted by molar-refractivity contribution is -0.148. The molecule has 2 atom stereocenters. The number of ether oxygens (including phenoxy) is 2. The Bertz CT molecular complexity index is 1180. The first kappa shape index (κ1) is 23.3. The fourth-order valence-electron chi connectivity index (χ4n) is 4.40. The predicted octanol–water partition coefficient (Wildman–Crippen LogP) is 2.67. The van der Waals surface area contributed by atoms with E-state index >= 15 is 0 Å². The van der Waals surface area contributed by atoms with Gasteiger partial charge < -0.3 is 14.4 Å². The van der Waals surface area contributed by atoms with Crippen molar-refractivity contribution in [3.05, 3.63) is 53.6 Å². The zero-order valence-electron chi connectivity index (χ0n) is 19.0. The largest absolute Gasteiger partial charge is 0.475 e. The van der Waals surface area contributed by atoms with Gasteiger partial charge in [0.15, 0.2) is 0 Å². The molecule has 2 aromatic carbocycles. The Kier molecular flexibility index (Phi) is 6.45. The summed E-state index contributed by atoms with van der Waals surface area (Å²) in [5, 5.41) is 0. The number of methoxy groups -OCH3 is 1.